The molecule has 3 aromatic heterocycles. The first kappa shape index (κ1) is 18.0. The molecule has 5 rings (SSSR count). The van der Waals surface area contributed by atoms with E-state index in [1.165, 1.54) is 6.20 Å². The lowest BCUT2D eigenvalue weighted by Crippen LogP contribution is -2.23. The second-order valence-electron chi connectivity index (χ2n) is 7.32. The van der Waals surface area contributed by atoms with E-state index in [1.807, 2.05) is 24.3 Å². The summed E-state index contributed by atoms with van der Waals surface area (Å²) in [5, 5.41) is 7.12. The van der Waals surface area contributed by atoms with Crippen LogP contribution in [0.15, 0.2) is 58.5 Å². The Morgan fingerprint density at radius 2 is 2.10 bits per heavy atom. The maximum atomic E-state index is 12.2. The number of aromatic nitrogens is 5. The topological polar surface area (TPSA) is 125 Å². The number of hydrogen-bond donors (Lipinski definition) is 3. The molecule has 150 valence electrons. The largest absolute Gasteiger partial charge is 0.355 e. The summed E-state index contributed by atoms with van der Waals surface area (Å²) in [7, 11) is 1.61. The normalized spacial score (nSPS) is 17.8. The van der Waals surface area contributed by atoms with Crippen LogP contribution in [-0.2, 0) is 0 Å². The molecule has 0 spiro atoms. The van der Waals surface area contributed by atoms with Gasteiger partial charge in [-0.1, -0.05) is 12.1 Å². The number of nitrogens with zero attached hydrogens (tertiary/aromatic N) is 3. The van der Waals surface area contributed by atoms with E-state index in [9.17, 15) is 14.4 Å². The smallest absolute Gasteiger partial charge is 0.325 e. The van der Waals surface area contributed by atoms with E-state index in [-0.39, 0.29) is 23.3 Å². The highest BCUT2D eigenvalue weighted by Crippen LogP contribution is 2.55. The predicted octanol–water partition coefficient (Wildman–Crippen LogP) is 1.40. The van der Waals surface area contributed by atoms with Gasteiger partial charge in [-0.05, 0) is 42.0 Å². The first-order valence-electron chi connectivity index (χ1n) is 9.54. The van der Waals surface area contributed by atoms with Crippen LogP contribution in [0.3, 0.4) is 0 Å². The predicted molar refractivity (Wildman–Crippen MR) is 110 cm³/mol. The lowest BCUT2D eigenvalue weighted by atomic mass is 10.0. The van der Waals surface area contributed by atoms with Crippen LogP contribution >= 0.6 is 0 Å². The number of H-pyrrole nitrogens is 2. The molecule has 2 atom stereocenters. The molecule has 0 saturated heterocycles. The maximum Gasteiger partial charge on any atom is 0.325 e. The van der Waals surface area contributed by atoms with Crippen LogP contribution in [-0.4, -0.2) is 37.5 Å². The highest BCUT2D eigenvalue weighted by molar-refractivity contribution is 5.94. The van der Waals surface area contributed by atoms with Crippen molar-refractivity contribution >= 4 is 11.6 Å². The first-order chi connectivity index (χ1) is 14.5. The molecule has 0 radical (unpaired) electrons. The Hall–Kier alpha value is -4.01. The van der Waals surface area contributed by atoms with E-state index in [4.69, 9.17) is 0 Å². The summed E-state index contributed by atoms with van der Waals surface area (Å²) < 4.78 is 1.64. The molecular formula is C21H18N6O3. The average Bonchev–Trinajstić information content (AvgIpc) is 3.41. The van der Waals surface area contributed by atoms with Gasteiger partial charge in [0.2, 0.25) is 0 Å². The fourth-order valence-corrected chi connectivity index (χ4v) is 3.91. The molecule has 9 heteroatoms. The van der Waals surface area contributed by atoms with Gasteiger partial charge < -0.3 is 10.3 Å². The Morgan fingerprint density at radius 1 is 1.23 bits per heavy atom. The molecule has 0 bridgehead atoms. The quantitative estimate of drug-likeness (QED) is 0.476. The number of hydrogen-bond acceptors (Lipinski definition) is 5. The van der Waals surface area contributed by atoms with Crippen LogP contribution in [0.1, 0.15) is 39.7 Å². The summed E-state index contributed by atoms with van der Waals surface area (Å²) >= 11 is 0. The molecular weight excluding hydrogens is 384 g/mol. The van der Waals surface area contributed by atoms with E-state index in [2.05, 4.69) is 25.4 Å². The zero-order valence-electron chi connectivity index (χ0n) is 16.0. The molecule has 1 aliphatic carbocycles. The number of amides is 1. The zero-order chi connectivity index (χ0) is 20.8. The van der Waals surface area contributed by atoms with Crippen molar-refractivity contribution in [3.05, 3.63) is 86.5 Å². The lowest BCUT2D eigenvalue weighted by molar-refractivity contribution is 0.0963. The van der Waals surface area contributed by atoms with Gasteiger partial charge in [-0.2, -0.15) is 5.10 Å². The second kappa shape index (κ2) is 6.80. The fraction of sp³-hybridized carbons (Fsp3) is 0.190. The molecule has 1 saturated carbocycles. The van der Waals surface area contributed by atoms with Crippen molar-refractivity contribution in [1.82, 2.24) is 29.9 Å². The number of carbonyl (C=O) groups is 1. The van der Waals surface area contributed by atoms with Crippen LogP contribution < -0.4 is 16.6 Å². The fourth-order valence-electron chi connectivity index (χ4n) is 3.91. The molecule has 9 nitrogen and oxygen atoms in total. The Balaban J connectivity index is 1.56. The third-order valence-corrected chi connectivity index (χ3v) is 5.48. The van der Waals surface area contributed by atoms with Crippen molar-refractivity contribution in [2.24, 2.45) is 0 Å². The van der Waals surface area contributed by atoms with E-state index < -0.39 is 11.2 Å². The molecule has 1 amide bonds. The van der Waals surface area contributed by atoms with E-state index in [1.54, 1.807) is 30.0 Å². The molecule has 1 aliphatic rings. The number of aromatic amines is 2. The minimum atomic E-state index is -0.564. The van der Waals surface area contributed by atoms with Crippen molar-refractivity contribution in [1.29, 1.82) is 0 Å². The zero-order valence-corrected chi connectivity index (χ0v) is 16.0. The Morgan fingerprint density at radius 3 is 2.90 bits per heavy atom. The maximum absolute atomic E-state index is 12.2. The average molecular weight is 402 g/mol. The van der Waals surface area contributed by atoms with Crippen molar-refractivity contribution < 1.29 is 4.79 Å². The number of rotatable bonds is 4. The summed E-state index contributed by atoms with van der Waals surface area (Å²) in [6, 6.07) is 9.48. The molecule has 0 unspecified atom stereocenters. The van der Waals surface area contributed by atoms with Gasteiger partial charge in [0.05, 0.1) is 11.3 Å². The SMILES string of the molecule is CNC(=O)c1cccc([C@H]2C[C@@H]2c2cc(-c3c[nH]c(=O)[nH]c3=O)nn3ccnc23)c1. The molecule has 1 fully saturated rings. The molecule has 1 aromatic carbocycles. The van der Waals surface area contributed by atoms with Gasteiger partial charge in [0.15, 0.2) is 5.65 Å². The molecule has 3 heterocycles. The van der Waals surface area contributed by atoms with Gasteiger partial charge >= 0.3 is 5.69 Å². The van der Waals surface area contributed by atoms with Crippen LogP contribution in [0, 0.1) is 0 Å². The van der Waals surface area contributed by atoms with Gasteiger partial charge in [-0.25, -0.2) is 14.3 Å². The monoisotopic (exact) mass is 402 g/mol. The number of imidazole rings is 1. The second-order valence-corrected chi connectivity index (χ2v) is 7.32. The van der Waals surface area contributed by atoms with Crippen molar-refractivity contribution in [2.45, 2.75) is 18.3 Å². The molecule has 3 N–H and O–H groups in total. The van der Waals surface area contributed by atoms with Gasteiger partial charge in [0.25, 0.3) is 11.5 Å². The number of nitrogens with one attached hydrogen (secondary N) is 3. The summed E-state index contributed by atoms with van der Waals surface area (Å²) in [6.07, 6.45) is 5.67. The van der Waals surface area contributed by atoms with Gasteiger partial charge in [0.1, 0.15) is 0 Å². The lowest BCUT2D eigenvalue weighted by Gasteiger charge is -2.08. The molecule has 0 aliphatic heterocycles. The van der Waals surface area contributed by atoms with Crippen LogP contribution in [0.4, 0.5) is 0 Å². The summed E-state index contributed by atoms with van der Waals surface area (Å²) in [6.45, 7) is 0. The highest BCUT2D eigenvalue weighted by atomic mass is 16.2. The third-order valence-electron chi connectivity index (χ3n) is 5.48. The van der Waals surface area contributed by atoms with Crippen molar-refractivity contribution in [3.8, 4) is 11.3 Å². The summed E-state index contributed by atoms with van der Waals surface area (Å²) in [5.74, 6) is 0.325. The van der Waals surface area contributed by atoms with E-state index >= 15 is 0 Å². The van der Waals surface area contributed by atoms with Gasteiger partial charge in [0, 0.05) is 36.8 Å². The third kappa shape index (κ3) is 3.00. The van der Waals surface area contributed by atoms with Crippen LogP contribution in [0.2, 0.25) is 0 Å². The summed E-state index contributed by atoms with van der Waals surface area (Å²) in [4.78, 5) is 44.7. The van der Waals surface area contributed by atoms with Crippen molar-refractivity contribution in [3.63, 3.8) is 0 Å². The molecule has 30 heavy (non-hydrogen) atoms. The van der Waals surface area contributed by atoms with Gasteiger partial charge in [-0.15, -0.1) is 0 Å². The van der Waals surface area contributed by atoms with E-state index in [0.717, 1.165) is 23.2 Å². The van der Waals surface area contributed by atoms with Crippen LogP contribution in [0.25, 0.3) is 16.9 Å². The minimum Gasteiger partial charge on any atom is -0.355 e. The van der Waals surface area contributed by atoms with E-state index in [0.29, 0.717) is 11.3 Å². The highest BCUT2D eigenvalue weighted by Gasteiger charge is 2.41. The first-order valence-corrected chi connectivity index (χ1v) is 9.54. The van der Waals surface area contributed by atoms with Crippen LogP contribution in [0.5, 0.6) is 0 Å². The van der Waals surface area contributed by atoms with Crippen molar-refractivity contribution in [2.75, 3.05) is 7.05 Å². The Bertz CT molecular complexity index is 1400. The number of benzene rings is 1. The number of carbonyl (C=O) groups excluding carboxylic acids is 1. The minimum absolute atomic E-state index is 0.117. The molecule has 4 aromatic rings. The Labute approximate surface area is 169 Å². The number of fused-ring (bicyclic) bond motifs is 1. The summed E-state index contributed by atoms with van der Waals surface area (Å²) in [5.41, 5.74) is 3.10. The Kier molecular flexibility index (Phi) is 4.09. The van der Waals surface area contributed by atoms with Gasteiger partial charge in [-0.3, -0.25) is 14.6 Å². The standard InChI is InChI=1S/C21H18N6O3/c1-22-19(28)12-4-2-3-11(7-12)13-8-14(13)15-9-17(26-27-6-5-23-18(15)27)16-10-24-21(30)25-20(16)29/h2-7,9-10,13-14H,8H2,1H3,(H,22,28)(H2,24,25,29,30)/t13-,14+/m1/s1.